The zero-order chi connectivity index (χ0) is 24.9. The zero-order valence-corrected chi connectivity index (χ0v) is 22.2. The fourth-order valence-corrected chi connectivity index (χ4v) is 6.22. The van der Waals surface area contributed by atoms with Crippen molar-refractivity contribution in [1.29, 1.82) is 0 Å². The molecule has 9 heteroatoms. The van der Waals surface area contributed by atoms with Gasteiger partial charge in [-0.15, -0.1) is 11.8 Å². The molecular weight excluding hydrogens is 486 g/mol. The van der Waals surface area contributed by atoms with Crippen molar-refractivity contribution in [1.82, 2.24) is 15.2 Å². The van der Waals surface area contributed by atoms with E-state index in [2.05, 4.69) is 15.2 Å². The van der Waals surface area contributed by atoms with Gasteiger partial charge in [0.05, 0.1) is 5.02 Å². The molecule has 188 valence electrons. The van der Waals surface area contributed by atoms with E-state index in [1.54, 1.807) is 6.07 Å². The van der Waals surface area contributed by atoms with Crippen molar-refractivity contribution in [3.05, 3.63) is 49.9 Å². The summed E-state index contributed by atoms with van der Waals surface area (Å²) >= 11 is 8.07. The molecule has 7 nitrogen and oxygen atoms in total. The number of hydrogen-bond acceptors (Lipinski definition) is 6. The number of benzene rings is 1. The summed E-state index contributed by atoms with van der Waals surface area (Å²) in [4.78, 5) is 31.8. The largest absolute Gasteiger partial charge is 0.448 e. The van der Waals surface area contributed by atoms with Crippen LogP contribution in [0.1, 0.15) is 59.8 Å². The smallest absolute Gasteiger partial charge is 0.254 e. The summed E-state index contributed by atoms with van der Waals surface area (Å²) in [5, 5.41) is 3.24. The van der Waals surface area contributed by atoms with Gasteiger partial charge in [0, 0.05) is 52.7 Å². The van der Waals surface area contributed by atoms with Gasteiger partial charge in [0.2, 0.25) is 0 Å². The predicted octanol–water partition coefficient (Wildman–Crippen LogP) is 4.66. The first-order valence-corrected chi connectivity index (χ1v) is 13.8. The van der Waals surface area contributed by atoms with Crippen LogP contribution in [-0.2, 0) is 6.54 Å². The van der Waals surface area contributed by atoms with E-state index in [9.17, 15) is 9.59 Å². The van der Waals surface area contributed by atoms with Crippen LogP contribution in [0.2, 0.25) is 5.02 Å². The Balaban J connectivity index is 1.32. The van der Waals surface area contributed by atoms with Crippen LogP contribution in [0, 0.1) is 19.8 Å². The van der Waals surface area contributed by atoms with Crippen LogP contribution < -0.4 is 20.3 Å². The third kappa shape index (κ3) is 4.68. The molecule has 1 aromatic carbocycles. The maximum absolute atomic E-state index is 13.1. The molecule has 0 unspecified atom stereocenters. The van der Waals surface area contributed by atoms with Gasteiger partial charge in [0.15, 0.2) is 11.5 Å². The van der Waals surface area contributed by atoms with Crippen LogP contribution in [0.25, 0.3) is 0 Å². The Bertz CT molecular complexity index is 1220. The Labute approximate surface area is 214 Å². The number of fused-ring (bicyclic) bond motifs is 1. The molecular formula is C26H32ClN3O4S. The number of pyridine rings is 1. The Morgan fingerprint density at radius 1 is 1.20 bits per heavy atom. The number of aromatic nitrogens is 1. The Hall–Kier alpha value is -2.16. The monoisotopic (exact) mass is 517 g/mol. The minimum Gasteiger partial charge on any atom is -0.448 e. The molecule has 2 aromatic rings. The second-order valence-corrected chi connectivity index (χ2v) is 11.2. The molecule has 2 N–H and O–H groups in total. The van der Waals surface area contributed by atoms with Crippen molar-refractivity contribution >= 4 is 29.3 Å². The predicted molar refractivity (Wildman–Crippen MR) is 138 cm³/mol. The van der Waals surface area contributed by atoms with Crippen LogP contribution in [-0.4, -0.2) is 47.0 Å². The number of hydrogen-bond donors (Lipinski definition) is 2. The van der Waals surface area contributed by atoms with E-state index in [1.807, 2.05) is 33.1 Å². The minimum absolute atomic E-state index is 0.118. The topological polar surface area (TPSA) is 83.7 Å². The van der Waals surface area contributed by atoms with E-state index >= 15 is 0 Å². The van der Waals surface area contributed by atoms with Crippen molar-refractivity contribution in [3.8, 4) is 11.5 Å². The first-order chi connectivity index (χ1) is 16.7. The van der Waals surface area contributed by atoms with Gasteiger partial charge in [-0.25, -0.2) is 0 Å². The third-order valence-electron chi connectivity index (χ3n) is 7.50. The van der Waals surface area contributed by atoms with E-state index in [4.69, 9.17) is 21.1 Å². The fraction of sp³-hybridized carbons (Fsp3) is 0.538. The van der Waals surface area contributed by atoms with E-state index in [-0.39, 0.29) is 23.9 Å². The maximum atomic E-state index is 13.1. The standard InChI is InChI=1S/C26H32ClN3O4S/c1-14-11-21(35-4)19(25(32)29-14)13-28-24(31)18-12-20(27)23-22(15(18)2)33-26(3,34-23)16-7-9-30(10-8-16)17-5-6-17/h11-12,16-17H,5-10,13H2,1-4H3,(H,28,31)(H,29,32)/t26-/m1/s1. The van der Waals surface area contributed by atoms with E-state index < -0.39 is 5.79 Å². The lowest BCUT2D eigenvalue weighted by molar-refractivity contribution is -0.125. The summed E-state index contributed by atoms with van der Waals surface area (Å²) < 4.78 is 12.7. The lowest BCUT2D eigenvalue weighted by Gasteiger charge is -2.38. The van der Waals surface area contributed by atoms with Crippen molar-refractivity contribution in [2.45, 2.75) is 69.7 Å². The van der Waals surface area contributed by atoms with Gasteiger partial charge >= 0.3 is 0 Å². The van der Waals surface area contributed by atoms with Crippen molar-refractivity contribution in [2.24, 2.45) is 5.92 Å². The molecule has 5 rings (SSSR count). The molecule has 1 amide bonds. The molecule has 1 aliphatic carbocycles. The number of nitrogens with zero attached hydrogens (tertiary/aromatic N) is 1. The maximum Gasteiger partial charge on any atom is 0.254 e. The molecule has 0 bridgehead atoms. The number of aromatic amines is 1. The highest BCUT2D eigenvalue weighted by molar-refractivity contribution is 7.98. The van der Waals surface area contributed by atoms with Gasteiger partial charge in [-0.1, -0.05) is 11.6 Å². The lowest BCUT2D eigenvalue weighted by atomic mass is 9.89. The van der Waals surface area contributed by atoms with Crippen LogP contribution >= 0.6 is 23.4 Å². The summed E-state index contributed by atoms with van der Waals surface area (Å²) in [5.74, 6) is 0.175. The van der Waals surface area contributed by atoms with Crippen LogP contribution in [0.15, 0.2) is 21.8 Å². The highest BCUT2D eigenvalue weighted by Crippen LogP contribution is 2.51. The number of rotatable bonds is 6. The highest BCUT2D eigenvalue weighted by atomic mass is 35.5. The molecule has 2 fully saturated rings. The molecule has 1 saturated heterocycles. The number of H-pyrrole nitrogens is 1. The van der Waals surface area contributed by atoms with Gasteiger partial charge in [-0.05, 0) is 71.0 Å². The molecule has 0 radical (unpaired) electrons. The van der Waals surface area contributed by atoms with Crippen molar-refractivity contribution < 1.29 is 14.3 Å². The highest BCUT2D eigenvalue weighted by Gasteiger charge is 2.48. The van der Waals surface area contributed by atoms with Crippen LogP contribution in [0.4, 0.5) is 0 Å². The summed E-state index contributed by atoms with van der Waals surface area (Å²) in [6, 6.07) is 4.31. The van der Waals surface area contributed by atoms with Gasteiger partial charge in [-0.2, -0.15) is 0 Å². The van der Waals surface area contributed by atoms with Crippen molar-refractivity contribution in [2.75, 3.05) is 19.3 Å². The summed E-state index contributed by atoms with van der Waals surface area (Å²) in [6.45, 7) is 7.91. The van der Waals surface area contributed by atoms with Gasteiger partial charge < -0.3 is 24.7 Å². The molecule has 3 heterocycles. The summed E-state index contributed by atoms with van der Waals surface area (Å²) in [7, 11) is 0. The number of carbonyl (C=O) groups is 1. The number of likely N-dealkylation sites (tertiary alicyclic amines) is 1. The molecule has 1 atom stereocenters. The number of amides is 1. The number of aryl methyl sites for hydroxylation is 1. The molecule has 35 heavy (non-hydrogen) atoms. The number of ether oxygens (including phenoxy) is 2. The van der Waals surface area contributed by atoms with Gasteiger partial charge in [-0.3, -0.25) is 9.59 Å². The number of nitrogens with one attached hydrogen (secondary N) is 2. The SMILES string of the molecule is CSc1cc(C)[nH]c(=O)c1CNC(=O)c1cc(Cl)c2c(c1C)O[C@@](C)(C1CCN(C3CC3)CC1)O2. The normalized spacial score (nSPS) is 22.4. The van der Waals surface area contributed by atoms with Crippen LogP contribution in [0.3, 0.4) is 0 Å². The first-order valence-electron chi connectivity index (χ1n) is 12.2. The zero-order valence-electron chi connectivity index (χ0n) is 20.6. The Morgan fingerprint density at radius 2 is 1.89 bits per heavy atom. The minimum atomic E-state index is -0.802. The third-order valence-corrected chi connectivity index (χ3v) is 8.59. The molecule has 2 aliphatic heterocycles. The number of halogens is 1. The average molecular weight is 518 g/mol. The first kappa shape index (κ1) is 24.5. The van der Waals surface area contributed by atoms with Gasteiger partial charge in [0.1, 0.15) is 0 Å². The number of thioether (sulfide) groups is 1. The van der Waals surface area contributed by atoms with E-state index in [0.717, 1.165) is 42.6 Å². The molecule has 1 saturated carbocycles. The average Bonchev–Trinajstić information content (AvgIpc) is 3.62. The second kappa shape index (κ2) is 9.37. The Morgan fingerprint density at radius 3 is 2.54 bits per heavy atom. The van der Waals surface area contributed by atoms with E-state index in [1.165, 1.54) is 24.6 Å². The van der Waals surface area contributed by atoms with E-state index in [0.29, 0.717) is 33.2 Å². The number of carbonyl (C=O) groups excluding carboxylic acids is 1. The number of piperidine rings is 1. The molecule has 3 aliphatic rings. The van der Waals surface area contributed by atoms with Crippen molar-refractivity contribution in [3.63, 3.8) is 0 Å². The van der Waals surface area contributed by atoms with Crippen LogP contribution in [0.5, 0.6) is 11.5 Å². The lowest BCUT2D eigenvalue weighted by Crippen LogP contribution is -2.49. The molecule has 1 aromatic heterocycles. The van der Waals surface area contributed by atoms with Gasteiger partial charge in [0.25, 0.3) is 17.3 Å². The molecule has 0 spiro atoms. The summed E-state index contributed by atoms with van der Waals surface area (Å²) in [6.07, 6.45) is 6.56. The summed E-state index contributed by atoms with van der Waals surface area (Å²) in [5.41, 5.74) is 2.22. The fourth-order valence-electron chi connectivity index (χ4n) is 5.28. The Kier molecular flexibility index (Phi) is 6.57. The second-order valence-electron chi connectivity index (χ2n) is 9.96. The quantitative estimate of drug-likeness (QED) is 0.542.